The van der Waals surface area contributed by atoms with Crippen LogP contribution in [0.5, 0.6) is 0 Å². The summed E-state index contributed by atoms with van der Waals surface area (Å²) in [5.74, 6) is 0. The third-order valence-corrected chi connectivity index (χ3v) is 44.1. The third-order valence-electron chi connectivity index (χ3n) is 21.6. The summed E-state index contributed by atoms with van der Waals surface area (Å²) in [6.07, 6.45) is 47.3. The van der Waals surface area contributed by atoms with Crippen molar-refractivity contribution in [1.82, 2.24) is 56.0 Å². The van der Waals surface area contributed by atoms with Gasteiger partial charge in [-0.15, -0.1) is 0 Å². The van der Waals surface area contributed by atoms with E-state index >= 15 is 0 Å². The number of nitrogens with zero attached hydrogens (tertiary/aromatic N) is 16. The zero-order valence-corrected chi connectivity index (χ0v) is 56.4. The van der Waals surface area contributed by atoms with E-state index in [1.807, 2.05) is 0 Å². The molecule has 12 aliphatic rings. The van der Waals surface area contributed by atoms with Crippen LogP contribution in [0.1, 0.15) is 231 Å². The summed E-state index contributed by atoms with van der Waals surface area (Å²) in [6, 6.07) is 0. The third kappa shape index (κ3) is 13.5. The van der Waals surface area contributed by atoms with E-state index in [-0.39, 0.29) is 0 Å². The molecule has 466 valence electrons. The van der Waals surface area contributed by atoms with Crippen molar-refractivity contribution in [2.45, 2.75) is 231 Å². The maximum atomic E-state index is 7.79. The average Bonchev–Trinajstić information content (AvgIpc) is 3.74. The molecule has 0 atom stereocenters. The molecule has 81 heavy (non-hydrogen) atoms. The van der Waals surface area contributed by atoms with E-state index in [0.717, 1.165) is 0 Å². The summed E-state index contributed by atoms with van der Waals surface area (Å²) in [6.45, 7) is 28.2. The molecule has 16 nitrogen and oxygen atoms in total. The number of hydrogen-bond donors (Lipinski definition) is 0. The quantitative estimate of drug-likeness (QED) is 0.138. The van der Waals surface area contributed by atoms with Crippen LogP contribution in [-0.2, 0) is 0 Å². The first-order chi connectivity index (χ1) is 40.1. The SMILES string of the molecule is C1CCN(P(=N[PH](N=P(N2CCCCC2)(N2CCCCC2)N2CCCCC2)(N=P(N2CCCCC2)(N2CCCCC2)N2CCCCC2)N=P(N2CCCCC2)(N2CCCCC2)N2CCCCC2)(N2CCCCC2)N2CCCCC2)CC1. The Morgan fingerprint density at radius 3 is 0.309 bits per heavy atom. The molecule has 12 heterocycles. The second-order valence-electron chi connectivity index (χ2n) is 27.3. The molecule has 0 spiro atoms. The van der Waals surface area contributed by atoms with Gasteiger partial charge < -0.3 is 0 Å². The van der Waals surface area contributed by atoms with Crippen LogP contribution in [-0.4, -0.2) is 213 Å². The van der Waals surface area contributed by atoms with Crippen molar-refractivity contribution in [2.75, 3.05) is 157 Å². The van der Waals surface area contributed by atoms with Gasteiger partial charge in [-0.25, -0.2) is 0 Å². The van der Waals surface area contributed by atoms with Gasteiger partial charge >= 0.3 is 500 Å². The maximum absolute atomic E-state index is 7.79. The molecule has 12 fully saturated rings. The molecule has 21 heteroatoms. The number of piperidine rings is 12. The Hall–Kier alpha value is 0.870. The van der Waals surface area contributed by atoms with E-state index < -0.39 is 37.9 Å². The van der Waals surface area contributed by atoms with E-state index in [1.165, 1.54) is 388 Å². The first-order valence-electron chi connectivity index (χ1n) is 35.7. The zero-order chi connectivity index (χ0) is 54.7. The molecular weight excluding hydrogens is 1100 g/mol. The topological polar surface area (TPSA) is 88.3 Å². The molecule has 12 aliphatic heterocycles. The van der Waals surface area contributed by atoms with E-state index in [4.69, 9.17) is 18.1 Å². The van der Waals surface area contributed by atoms with E-state index in [2.05, 4.69) is 56.0 Å². The first kappa shape index (κ1) is 62.1. The molecule has 12 saturated heterocycles. The Bertz CT molecular complexity index is 1640. The van der Waals surface area contributed by atoms with Crippen molar-refractivity contribution in [3.05, 3.63) is 0 Å². The first-order valence-corrected chi connectivity index (χ1v) is 43.9. The van der Waals surface area contributed by atoms with Crippen molar-refractivity contribution in [1.29, 1.82) is 0 Å². The molecule has 0 aromatic rings. The van der Waals surface area contributed by atoms with Gasteiger partial charge in [-0.1, -0.05) is 0 Å². The molecule has 0 N–H and O–H groups in total. The van der Waals surface area contributed by atoms with Crippen LogP contribution in [0.2, 0.25) is 0 Å². The monoisotopic (exact) mass is 1220 g/mol. The number of rotatable bonds is 16. The van der Waals surface area contributed by atoms with Gasteiger partial charge in [-0.2, -0.15) is 0 Å². The Balaban J connectivity index is 1.34. The molecule has 0 aromatic heterocycles. The van der Waals surface area contributed by atoms with Crippen LogP contribution in [0, 0.1) is 0 Å². The summed E-state index contributed by atoms with van der Waals surface area (Å²) in [4.78, 5) is 0. The Morgan fingerprint density at radius 1 is 0.136 bits per heavy atom. The normalized spacial score (nSPS) is 29.3. The van der Waals surface area contributed by atoms with E-state index in [9.17, 15) is 0 Å². The predicted octanol–water partition coefficient (Wildman–Crippen LogP) is 16.0. The molecule has 0 aliphatic carbocycles. The average molecular weight is 1220 g/mol. The summed E-state index contributed by atoms with van der Waals surface area (Å²) < 4.78 is 69.2. The summed E-state index contributed by atoms with van der Waals surface area (Å²) in [5, 5.41) is 0. The summed E-state index contributed by atoms with van der Waals surface area (Å²) in [7, 11) is -14.8. The van der Waals surface area contributed by atoms with Crippen LogP contribution >= 0.6 is 37.9 Å². The van der Waals surface area contributed by atoms with Crippen LogP contribution in [0.4, 0.5) is 0 Å². The van der Waals surface area contributed by atoms with Gasteiger partial charge in [0.15, 0.2) is 0 Å². The molecule has 0 aromatic carbocycles. The summed E-state index contributed by atoms with van der Waals surface area (Å²) >= 11 is 0. The van der Waals surface area contributed by atoms with Crippen molar-refractivity contribution in [2.24, 2.45) is 18.1 Å². The molecule has 0 radical (unpaired) electrons. The van der Waals surface area contributed by atoms with E-state index in [1.54, 1.807) is 0 Å². The molecule has 0 amide bonds. The van der Waals surface area contributed by atoms with Gasteiger partial charge in [-0.3, -0.25) is 0 Å². The standard InChI is InChI=1S/C60H121N16P5/c1-13-37-65(38-14-1)78(66-39-15-2-16-40-66,67-41-17-3-18-42-67)61-77(62-79(68-43-19-4-20-44-68,69-45-21-5-22-46-69)70-47-23-6-24-48-70,63-80(71-49-25-7-26-50-71,72-51-27-8-28-52-72)73-53-29-9-30-54-73)64-81(74-55-31-10-32-56-74,75-57-33-11-34-58-75)76-59-35-12-36-60-76/h77H,1-60H2. The minimum atomic E-state index is -4.15. The fourth-order valence-corrected chi connectivity index (χ4v) is 46.6. The molecule has 0 unspecified atom stereocenters. The Morgan fingerprint density at radius 2 is 0.222 bits per heavy atom. The van der Waals surface area contributed by atoms with Crippen LogP contribution in [0.15, 0.2) is 18.1 Å². The molecule has 0 bridgehead atoms. The van der Waals surface area contributed by atoms with Crippen LogP contribution in [0.3, 0.4) is 0 Å². The van der Waals surface area contributed by atoms with Crippen molar-refractivity contribution >= 4 is 37.9 Å². The minimum absolute atomic E-state index is 1.18. The van der Waals surface area contributed by atoms with Crippen molar-refractivity contribution in [3.63, 3.8) is 0 Å². The van der Waals surface area contributed by atoms with Gasteiger partial charge in [-0.05, 0) is 0 Å². The van der Waals surface area contributed by atoms with Gasteiger partial charge in [0.2, 0.25) is 0 Å². The zero-order valence-electron chi connectivity index (χ0n) is 51.9. The van der Waals surface area contributed by atoms with Gasteiger partial charge in [0.1, 0.15) is 0 Å². The molecule has 12 rings (SSSR count). The second-order valence-corrected chi connectivity index (χ2v) is 42.8. The van der Waals surface area contributed by atoms with Crippen LogP contribution in [0.25, 0.3) is 0 Å². The van der Waals surface area contributed by atoms with Crippen LogP contribution < -0.4 is 0 Å². The molecule has 0 saturated carbocycles. The molecular formula is C60H121N16P5. The fourth-order valence-electron chi connectivity index (χ4n) is 17.5. The van der Waals surface area contributed by atoms with Crippen molar-refractivity contribution < 1.29 is 0 Å². The van der Waals surface area contributed by atoms with E-state index in [0.29, 0.717) is 0 Å². The predicted molar refractivity (Wildman–Crippen MR) is 351 cm³/mol. The Kier molecular flexibility index (Phi) is 23.1. The second kappa shape index (κ2) is 30.1. The fraction of sp³-hybridized carbons (Fsp3) is 1.00. The number of hydrogen-bond acceptors (Lipinski definition) is 4. The van der Waals surface area contributed by atoms with Gasteiger partial charge in [0.25, 0.3) is 0 Å². The van der Waals surface area contributed by atoms with Gasteiger partial charge in [0, 0.05) is 0 Å². The Labute approximate surface area is 497 Å². The van der Waals surface area contributed by atoms with Crippen molar-refractivity contribution in [3.8, 4) is 0 Å². The summed E-state index contributed by atoms with van der Waals surface area (Å²) in [5.41, 5.74) is 0. The van der Waals surface area contributed by atoms with Gasteiger partial charge in [0.05, 0.1) is 0 Å².